The average molecular weight is 315 g/mol. The Morgan fingerprint density at radius 2 is 2.40 bits per heavy atom. The summed E-state index contributed by atoms with van der Waals surface area (Å²) in [6.07, 6.45) is 3.08. The Morgan fingerprint density at radius 3 is 2.95 bits per heavy atom. The van der Waals surface area contributed by atoms with Crippen LogP contribution in [0.4, 0.5) is 10.7 Å². The molecule has 1 aliphatic rings. The maximum Gasteiger partial charge on any atom is 0.350 e. The molecule has 112 valence electrons. The minimum absolute atomic E-state index is 0.332. The summed E-state index contributed by atoms with van der Waals surface area (Å²) in [5.41, 5.74) is 6.62. The van der Waals surface area contributed by atoms with Crippen molar-refractivity contribution in [2.24, 2.45) is 0 Å². The van der Waals surface area contributed by atoms with E-state index in [0.29, 0.717) is 23.2 Å². The molecular formula is C13H21N3O2S2. The zero-order chi connectivity index (χ0) is 14.7. The van der Waals surface area contributed by atoms with Crippen LogP contribution in [0.2, 0.25) is 0 Å². The van der Waals surface area contributed by atoms with Gasteiger partial charge in [-0.05, 0) is 33.2 Å². The normalized spacial score (nSPS) is 19.2. The van der Waals surface area contributed by atoms with Crippen LogP contribution in [0.1, 0.15) is 23.0 Å². The van der Waals surface area contributed by atoms with Gasteiger partial charge in [0, 0.05) is 12.6 Å². The van der Waals surface area contributed by atoms with Gasteiger partial charge in [-0.25, -0.2) is 4.79 Å². The third-order valence-electron chi connectivity index (χ3n) is 3.29. The van der Waals surface area contributed by atoms with Crippen LogP contribution < -0.4 is 11.1 Å². The fraction of sp³-hybridized carbons (Fsp3) is 0.615. The van der Waals surface area contributed by atoms with Crippen LogP contribution in [0.3, 0.4) is 0 Å². The van der Waals surface area contributed by atoms with Gasteiger partial charge in [0.25, 0.3) is 0 Å². The Bertz CT molecular complexity index is 490. The van der Waals surface area contributed by atoms with Crippen molar-refractivity contribution in [3.8, 4) is 0 Å². The van der Waals surface area contributed by atoms with E-state index in [1.54, 1.807) is 18.7 Å². The molecule has 5 nitrogen and oxygen atoms in total. The molecule has 7 heteroatoms. The summed E-state index contributed by atoms with van der Waals surface area (Å²) < 4.78 is 5.05. The molecule has 0 spiro atoms. The second kappa shape index (κ2) is 6.69. The fourth-order valence-electron chi connectivity index (χ4n) is 2.31. The van der Waals surface area contributed by atoms with Gasteiger partial charge in [-0.3, -0.25) is 0 Å². The molecule has 1 unspecified atom stereocenters. The van der Waals surface area contributed by atoms with Crippen LogP contribution in [-0.4, -0.2) is 49.9 Å². The van der Waals surface area contributed by atoms with Crippen molar-refractivity contribution >= 4 is 39.8 Å². The number of anilines is 2. The highest BCUT2D eigenvalue weighted by molar-refractivity contribution is 7.99. The third-order valence-corrected chi connectivity index (χ3v) is 5.37. The first-order valence-electron chi connectivity index (χ1n) is 6.65. The molecule has 1 fully saturated rings. The average Bonchev–Trinajstić information content (AvgIpc) is 2.94. The van der Waals surface area contributed by atoms with Crippen LogP contribution in [-0.2, 0) is 4.74 Å². The van der Waals surface area contributed by atoms with Crippen molar-refractivity contribution in [1.82, 2.24) is 4.90 Å². The number of nitrogens with one attached hydrogen (secondary N) is 1. The third kappa shape index (κ3) is 3.21. The summed E-state index contributed by atoms with van der Waals surface area (Å²) in [7, 11) is 2.12. The maximum absolute atomic E-state index is 11.9. The van der Waals surface area contributed by atoms with Gasteiger partial charge >= 0.3 is 5.97 Å². The van der Waals surface area contributed by atoms with E-state index in [9.17, 15) is 4.79 Å². The van der Waals surface area contributed by atoms with Gasteiger partial charge < -0.3 is 20.7 Å². The van der Waals surface area contributed by atoms with Gasteiger partial charge in [0.2, 0.25) is 0 Å². The highest BCUT2D eigenvalue weighted by Crippen LogP contribution is 2.42. The zero-order valence-electron chi connectivity index (χ0n) is 12.1. The Kier molecular flexibility index (Phi) is 5.17. The molecule has 0 radical (unpaired) electrons. The van der Waals surface area contributed by atoms with Crippen molar-refractivity contribution in [2.75, 3.05) is 44.1 Å². The van der Waals surface area contributed by atoms with E-state index in [2.05, 4.69) is 17.3 Å². The van der Waals surface area contributed by atoms with Crippen LogP contribution in [0.25, 0.3) is 0 Å². The maximum atomic E-state index is 11.9. The lowest BCUT2D eigenvalue weighted by Crippen LogP contribution is -2.23. The van der Waals surface area contributed by atoms with E-state index in [4.69, 9.17) is 10.5 Å². The summed E-state index contributed by atoms with van der Waals surface area (Å²) in [6, 6.07) is 0.416. The SMILES string of the molecule is CCOC(=O)c1sc(NC2CCN(C)C2)c(SC)c1N. The molecule has 3 N–H and O–H groups in total. The summed E-state index contributed by atoms with van der Waals surface area (Å²) in [5, 5.41) is 4.50. The first-order chi connectivity index (χ1) is 9.56. The summed E-state index contributed by atoms with van der Waals surface area (Å²) in [5.74, 6) is -0.332. The molecule has 2 heterocycles. The zero-order valence-corrected chi connectivity index (χ0v) is 13.7. The van der Waals surface area contributed by atoms with E-state index in [0.717, 1.165) is 29.4 Å². The number of nitrogen functional groups attached to an aromatic ring is 1. The van der Waals surface area contributed by atoms with E-state index in [1.165, 1.54) is 11.3 Å². The lowest BCUT2D eigenvalue weighted by molar-refractivity contribution is 0.0533. The van der Waals surface area contributed by atoms with E-state index < -0.39 is 0 Å². The molecule has 0 amide bonds. The van der Waals surface area contributed by atoms with Crippen molar-refractivity contribution in [2.45, 2.75) is 24.3 Å². The number of hydrogen-bond acceptors (Lipinski definition) is 7. The second-order valence-electron chi connectivity index (χ2n) is 4.82. The number of carbonyl (C=O) groups is 1. The topological polar surface area (TPSA) is 67.6 Å². The Morgan fingerprint density at radius 1 is 1.65 bits per heavy atom. The lowest BCUT2D eigenvalue weighted by Gasteiger charge is -2.13. The molecule has 1 aliphatic heterocycles. The molecule has 0 aromatic carbocycles. The highest BCUT2D eigenvalue weighted by atomic mass is 32.2. The molecular weight excluding hydrogens is 294 g/mol. The molecule has 0 aliphatic carbocycles. The van der Waals surface area contributed by atoms with Crippen LogP contribution in [0, 0.1) is 0 Å². The largest absolute Gasteiger partial charge is 0.462 e. The molecule has 0 saturated carbocycles. The number of hydrogen-bond donors (Lipinski definition) is 2. The van der Waals surface area contributed by atoms with Gasteiger partial charge in [-0.1, -0.05) is 0 Å². The Labute approximate surface area is 127 Å². The number of nitrogens with two attached hydrogens (primary N) is 1. The number of thiophene rings is 1. The minimum atomic E-state index is -0.332. The number of nitrogens with zero attached hydrogens (tertiary/aromatic N) is 1. The molecule has 0 bridgehead atoms. The first-order valence-corrected chi connectivity index (χ1v) is 8.69. The summed E-state index contributed by atoms with van der Waals surface area (Å²) in [6.45, 7) is 4.27. The molecule has 1 atom stereocenters. The van der Waals surface area contributed by atoms with E-state index in [-0.39, 0.29) is 5.97 Å². The number of likely N-dealkylation sites (N-methyl/N-ethyl adjacent to an activating group) is 1. The standard InChI is InChI=1S/C13H21N3O2S2/c1-4-18-13(17)11-9(14)10(19-3)12(20-11)15-8-5-6-16(2)7-8/h8,15H,4-7,14H2,1-3H3. The predicted octanol–water partition coefficient (Wildman–Crippen LogP) is 2.34. The van der Waals surface area contributed by atoms with Crippen LogP contribution >= 0.6 is 23.1 Å². The number of esters is 1. The Balaban J connectivity index is 2.19. The second-order valence-corrected chi connectivity index (χ2v) is 6.66. The Hall–Kier alpha value is -0.920. The van der Waals surface area contributed by atoms with Crippen molar-refractivity contribution < 1.29 is 9.53 Å². The number of carbonyl (C=O) groups excluding carboxylic acids is 1. The number of likely N-dealkylation sites (tertiary alicyclic amines) is 1. The molecule has 1 saturated heterocycles. The van der Waals surface area contributed by atoms with E-state index in [1.807, 2.05) is 6.26 Å². The van der Waals surface area contributed by atoms with Crippen molar-refractivity contribution in [3.63, 3.8) is 0 Å². The van der Waals surface area contributed by atoms with Gasteiger partial charge in [0.1, 0.15) is 9.88 Å². The number of ether oxygens (including phenoxy) is 1. The minimum Gasteiger partial charge on any atom is -0.462 e. The van der Waals surface area contributed by atoms with Crippen LogP contribution in [0.5, 0.6) is 0 Å². The quantitative estimate of drug-likeness (QED) is 0.642. The molecule has 20 heavy (non-hydrogen) atoms. The fourth-order valence-corrected chi connectivity index (χ4v) is 4.31. The number of thioether (sulfide) groups is 1. The number of rotatable bonds is 5. The monoisotopic (exact) mass is 315 g/mol. The summed E-state index contributed by atoms with van der Waals surface area (Å²) in [4.78, 5) is 15.6. The van der Waals surface area contributed by atoms with Crippen LogP contribution in [0.15, 0.2) is 4.90 Å². The molecule has 1 aromatic heterocycles. The first kappa shape index (κ1) is 15.5. The van der Waals surface area contributed by atoms with Crippen molar-refractivity contribution in [3.05, 3.63) is 4.88 Å². The summed E-state index contributed by atoms with van der Waals surface area (Å²) >= 11 is 2.96. The van der Waals surface area contributed by atoms with Gasteiger partial charge in [-0.15, -0.1) is 23.1 Å². The van der Waals surface area contributed by atoms with E-state index >= 15 is 0 Å². The van der Waals surface area contributed by atoms with Gasteiger partial charge in [0.05, 0.1) is 17.2 Å². The lowest BCUT2D eigenvalue weighted by atomic mass is 10.2. The van der Waals surface area contributed by atoms with Gasteiger partial charge in [-0.2, -0.15) is 0 Å². The molecule has 2 rings (SSSR count). The smallest absolute Gasteiger partial charge is 0.350 e. The van der Waals surface area contributed by atoms with Crippen molar-refractivity contribution in [1.29, 1.82) is 0 Å². The highest BCUT2D eigenvalue weighted by Gasteiger charge is 2.25. The van der Waals surface area contributed by atoms with Gasteiger partial charge in [0.15, 0.2) is 0 Å². The molecule has 1 aromatic rings. The predicted molar refractivity (Wildman–Crippen MR) is 86.0 cm³/mol.